The molecule has 1 aromatic heterocycles. The highest BCUT2D eigenvalue weighted by atomic mass is 16.3. The van der Waals surface area contributed by atoms with Crippen LogP contribution in [0.2, 0.25) is 0 Å². The Labute approximate surface area is 105 Å². The van der Waals surface area contributed by atoms with Gasteiger partial charge >= 0.3 is 0 Å². The number of aromatic nitrogens is 1. The maximum absolute atomic E-state index is 11.8. The summed E-state index contributed by atoms with van der Waals surface area (Å²) < 4.78 is 0. The molecule has 1 amide bonds. The normalized spacial score (nSPS) is 11.1. The molecule has 0 radical (unpaired) electrons. The molecular formula is C13H17N3O2. The minimum Gasteiger partial charge on any atom is -0.395 e. The van der Waals surface area contributed by atoms with E-state index >= 15 is 0 Å². The van der Waals surface area contributed by atoms with Crippen molar-refractivity contribution in [3.8, 4) is 0 Å². The third-order valence-corrected chi connectivity index (χ3v) is 2.76. The van der Waals surface area contributed by atoms with Gasteiger partial charge in [-0.3, -0.25) is 9.69 Å². The van der Waals surface area contributed by atoms with Gasteiger partial charge in [-0.1, -0.05) is 12.1 Å². The number of rotatable bonds is 5. The van der Waals surface area contributed by atoms with Crippen molar-refractivity contribution in [1.29, 1.82) is 0 Å². The first-order valence-electron chi connectivity index (χ1n) is 5.86. The maximum atomic E-state index is 11.8. The van der Waals surface area contributed by atoms with Crippen LogP contribution in [0.4, 0.5) is 5.69 Å². The number of hydrogen-bond donors (Lipinski definition) is 3. The zero-order valence-corrected chi connectivity index (χ0v) is 10.3. The van der Waals surface area contributed by atoms with Crippen molar-refractivity contribution in [1.82, 2.24) is 9.88 Å². The molecule has 0 bridgehead atoms. The molecule has 0 saturated heterocycles. The van der Waals surface area contributed by atoms with Crippen molar-refractivity contribution >= 4 is 22.5 Å². The summed E-state index contributed by atoms with van der Waals surface area (Å²) in [7, 11) is 1.80. The highest BCUT2D eigenvalue weighted by Gasteiger charge is 2.08. The maximum Gasteiger partial charge on any atom is 0.238 e. The smallest absolute Gasteiger partial charge is 0.238 e. The average Bonchev–Trinajstić information content (AvgIpc) is 2.78. The quantitative estimate of drug-likeness (QED) is 0.739. The molecule has 0 aliphatic carbocycles. The number of benzene rings is 1. The van der Waals surface area contributed by atoms with Crippen molar-refractivity contribution in [3.63, 3.8) is 0 Å². The van der Waals surface area contributed by atoms with Gasteiger partial charge in [0.25, 0.3) is 0 Å². The second kappa shape index (κ2) is 5.66. The number of likely N-dealkylation sites (N-methyl/N-ethyl adjacent to an activating group) is 1. The third kappa shape index (κ3) is 2.88. The first kappa shape index (κ1) is 12.6. The second-order valence-corrected chi connectivity index (χ2v) is 4.26. The van der Waals surface area contributed by atoms with E-state index in [4.69, 9.17) is 5.11 Å². The zero-order chi connectivity index (χ0) is 13.0. The second-order valence-electron chi connectivity index (χ2n) is 4.26. The number of fused-ring (bicyclic) bond motifs is 1. The lowest BCUT2D eigenvalue weighted by molar-refractivity contribution is -0.117. The van der Waals surface area contributed by atoms with Gasteiger partial charge in [0.1, 0.15) is 0 Å². The lowest BCUT2D eigenvalue weighted by Gasteiger charge is -2.14. The molecule has 1 aromatic carbocycles. The molecule has 0 spiro atoms. The Morgan fingerprint density at radius 3 is 3.06 bits per heavy atom. The standard InChI is InChI=1S/C13H17N3O2/c1-16(7-8-17)9-12(18)15-11-4-2-3-10-5-6-14-13(10)11/h2-6,14,17H,7-9H2,1H3,(H,15,18). The van der Waals surface area contributed by atoms with Crippen LogP contribution >= 0.6 is 0 Å². The van der Waals surface area contributed by atoms with Gasteiger partial charge in [-0.15, -0.1) is 0 Å². The lowest BCUT2D eigenvalue weighted by Crippen LogP contribution is -2.32. The van der Waals surface area contributed by atoms with Gasteiger partial charge in [-0.25, -0.2) is 0 Å². The molecule has 5 heteroatoms. The number of aliphatic hydroxyl groups excluding tert-OH is 1. The molecule has 3 N–H and O–H groups in total. The summed E-state index contributed by atoms with van der Waals surface area (Å²) in [6.45, 7) is 0.799. The van der Waals surface area contributed by atoms with Gasteiger partial charge in [0.05, 0.1) is 24.4 Å². The summed E-state index contributed by atoms with van der Waals surface area (Å²) >= 11 is 0. The fourth-order valence-corrected chi connectivity index (χ4v) is 1.87. The number of nitrogens with one attached hydrogen (secondary N) is 2. The molecule has 0 saturated carbocycles. The lowest BCUT2D eigenvalue weighted by atomic mass is 10.2. The number of H-pyrrole nitrogens is 1. The number of hydrogen-bond acceptors (Lipinski definition) is 3. The van der Waals surface area contributed by atoms with Crippen LogP contribution in [0.15, 0.2) is 30.5 Å². The van der Waals surface area contributed by atoms with Crippen molar-refractivity contribution in [2.24, 2.45) is 0 Å². The Morgan fingerprint density at radius 1 is 1.44 bits per heavy atom. The van der Waals surface area contributed by atoms with Crippen LogP contribution in [0.1, 0.15) is 0 Å². The molecule has 5 nitrogen and oxygen atoms in total. The predicted molar refractivity (Wildman–Crippen MR) is 71.5 cm³/mol. The molecule has 0 atom stereocenters. The minimum absolute atomic E-state index is 0.0516. The average molecular weight is 247 g/mol. The van der Waals surface area contributed by atoms with Crippen LogP contribution in [-0.2, 0) is 4.79 Å². The van der Waals surface area contributed by atoms with E-state index in [1.165, 1.54) is 0 Å². The Hall–Kier alpha value is -1.85. The first-order valence-corrected chi connectivity index (χ1v) is 5.86. The summed E-state index contributed by atoms with van der Waals surface area (Å²) in [6, 6.07) is 7.72. The van der Waals surface area contributed by atoms with Crippen LogP contribution < -0.4 is 5.32 Å². The molecule has 1 heterocycles. The highest BCUT2D eigenvalue weighted by molar-refractivity contribution is 6.01. The van der Waals surface area contributed by atoms with E-state index in [1.54, 1.807) is 11.9 Å². The Kier molecular flexibility index (Phi) is 3.96. The number of aliphatic hydroxyl groups is 1. The van der Waals surface area contributed by atoms with Gasteiger partial charge in [0.15, 0.2) is 0 Å². The van der Waals surface area contributed by atoms with Gasteiger partial charge in [-0.05, 0) is 19.2 Å². The summed E-state index contributed by atoms with van der Waals surface area (Å²) in [5, 5.41) is 12.7. The van der Waals surface area contributed by atoms with E-state index in [0.717, 1.165) is 16.6 Å². The first-order chi connectivity index (χ1) is 8.70. The summed E-state index contributed by atoms with van der Waals surface area (Å²) in [5.74, 6) is -0.0898. The van der Waals surface area contributed by atoms with E-state index < -0.39 is 0 Å². The minimum atomic E-state index is -0.0898. The SMILES string of the molecule is CN(CCO)CC(=O)Nc1cccc2cc[nH]c12. The summed E-state index contributed by atoms with van der Waals surface area (Å²) in [5.41, 5.74) is 1.70. The summed E-state index contributed by atoms with van der Waals surface area (Å²) in [4.78, 5) is 16.7. The summed E-state index contributed by atoms with van der Waals surface area (Å²) in [6.07, 6.45) is 1.85. The van der Waals surface area contributed by atoms with E-state index in [0.29, 0.717) is 6.54 Å². The number of carbonyl (C=O) groups excluding carboxylic acids is 1. The highest BCUT2D eigenvalue weighted by Crippen LogP contribution is 2.21. The van der Waals surface area contributed by atoms with Crippen LogP contribution in [0.5, 0.6) is 0 Å². The molecule has 96 valence electrons. The fraction of sp³-hybridized carbons (Fsp3) is 0.308. The van der Waals surface area contributed by atoms with E-state index in [9.17, 15) is 4.79 Å². The largest absolute Gasteiger partial charge is 0.395 e. The Bertz CT molecular complexity index is 536. The number of aromatic amines is 1. The number of anilines is 1. The van der Waals surface area contributed by atoms with E-state index in [1.807, 2.05) is 30.5 Å². The molecule has 2 rings (SSSR count). The number of nitrogens with zero attached hydrogens (tertiary/aromatic N) is 1. The topological polar surface area (TPSA) is 68.4 Å². The van der Waals surface area contributed by atoms with Crippen molar-refractivity contribution in [3.05, 3.63) is 30.5 Å². The van der Waals surface area contributed by atoms with Crippen molar-refractivity contribution < 1.29 is 9.90 Å². The molecule has 0 fully saturated rings. The third-order valence-electron chi connectivity index (χ3n) is 2.76. The van der Waals surface area contributed by atoms with Gasteiger partial charge in [-0.2, -0.15) is 0 Å². The molecule has 0 aliphatic heterocycles. The Balaban J connectivity index is 2.05. The van der Waals surface area contributed by atoms with E-state index in [2.05, 4.69) is 10.3 Å². The molecular weight excluding hydrogens is 230 g/mol. The van der Waals surface area contributed by atoms with Crippen LogP contribution in [-0.4, -0.2) is 47.6 Å². The monoisotopic (exact) mass is 247 g/mol. The van der Waals surface area contributed by atoms with Crippen LogP contribution in [0.3, 0.4) is 0 Å². The molecule has 2 aromatic rings. The number of para-hydroxylation sites is 1. The Morgan fingerprint density at radius 2 is 2.28 bits per heavy atom. The molecule has 0 aliphatic rings. The van der Waals surface area contributed by atoms with Crippen molar-refractivity contribution in [2.45, 2.75) is 0 Å². The van der Waals surface area contributed by atoms with Crippen molar-refractivity contribution in [2.75, 3.05) is 32.1 Å². The van der Waals surface area contributed by atoms with Gasteiger partial charge in [0, 0.05) is 18.1 Å². The zero-order valence-electron chi connectivity index (χ0n) is 10.3. The van der Waals surface area contributed by atoms with Crippen LogP contribution in [0.25, 0.3) is 10.9 Å². The number of carbonyl (C=O) groups is 1. The van der Waals surface area contributed by atoms with E-state index in [-0.39, 0.29) is 19.1 Å². The molecule has 18 heavy (non-hydrogen) atoms. The van der Waals surface area contributed by atoms with Gasteiger partial charge < -0.3 is 15.4 Å². The fourth-order valence-electron chi connectivity index (χ4n) is 1.87. The van der Waals surface area contributed by atoms with Crippen LogP contribution in [0, 0.1) is 0 Å². The predicted octanol–water partition coefficient (Wildman–Crippen LogP) is 1.03. The van der Waals surface area contributed by atoms with Gasteiger partial charge in [0.2, 0.25) is 5.91 Å². The molecule has 0 unspecified atom stereocenters. The number of amides is 1.